The number of nitrogens with one attached hydrogen (secondary N) is 1. The Morgan fingerprint density at radius 1 is 0.923 bits per heavy atom. The second kappa shape index (κ2) is 12.4. The number of nitrogens with zero attached hydrogens (tertiary/aromatic N) is 3. The van der Waals surface area contributed by atoms with Crippen LogP contribution in [0.15, 0.2) is 78.9 Å². The SMILES string of the molecule is COc1ccc(NC(=O)N2CCCCN3C(CN(C)C)C(c4ccc(C#Cc5ccccc5)cc4)C3C2)cc1. The summed E-state index contributed by atoms with van der Waals surface area (Å²) in [6, 6.07) is 27.0. The third kappa shape index (κ3) is 6.44. The molecule has 0 radical (unpaired) electrons. The molecule has 39 heavy (non-hydrogen) atoms. The van der Waals surface area contributed by atoms with Gasteiger partial charge in [0.1, 0.15) is 5.75 Å². The molecule has 0 aliphatic carbocycles. The highest BCUT2D eigenvalue weighted by molar-refractivity contribution is 5.89. The van der Waals surface area contributed by atoms with Crippen LogP contribution in [0.3, 0.4) is 0 Å². The lowest BCUT2D eigenvalue weighted by atomic mass is 9.73. The van der Waals surface area contributed by atoms with E-state index < -0.39 is 0 Å². The monoisotopic (exact) mass is 522 g/mol. The fraction of sp³-hybridized carbons (Fsp3) is 0.364. The molecule has 2 aliphatic rings. The van der Waals surface area contributed by atoms with Crippen molar-refractivity contribution >= 4 is 11.7 Å². The summed E-state index contributed by atoms with van der Waals surface area (Å²) in [4.78, 5) is 20.2. The molecule has 3 aromatic carbocycles. The van der Waals surface area contributed by atoms with Crippen molar-refractivity contribution in [3.8, 4) is 17.6 Å². The fourth-order valence-corrected chi connectivity index (χ4v) is 5.83. The van der Waals surface area contributed by atoms with E-state index in [0.29, 0.717) is 18.5 Å². The molecule has 0 bridgehead atoms. The van der Waals surface area contributed by atoms with Gasteiger partial charge in [0.2, 0.25) is 0 Å². The van der Waals surface area contributed by atoms with Gasteiger partial charge >= 0.3 is 6.03 Å². The van der Waals surface area contributed by atoms with Crippen molar-refractivity contribution < 1.29 is 9.53 Å². The molecule has 2 aliphatic heterocycles. The minimum Gasteiger partial charge on any atom is -0.497 e. The molecule has 2 saturated heterocycles. The maximum atomic E-state index is 13.3. The Labute approximate surface area is 232 Å². The van der Waals surface area contributed by atoms with Gasteiger partial charge in [-0.3, -0.25) is 4.90 Å². The second-order valence-corrected chi connectivity index (χ2v) is 10.7. The highest BCUT2D eigenvalue weighted by Gasteiger charge is 2.49. The predicted molar refractivity (Wildman–Crippen MR) is 157 cm³/mol. The first-order chi connectivity index (χ1) is 19.0. The van der Waals surface area contributed by atoms with Crippen molar-refractivity contribution in [2.24, 2.45) is 0 Å². The van der Waals surface area contributed by atoms with E-state index in [9.17, 15) is 4.79 Å². The molecule has 3 atom stereocenters. The van der Waals surface area contributed by atoms with Crippen LogP contribution in [0, 0.1) is 11.8 Å². The van der Waals surface area contributed by atoms with Crippen LogP contribution in [0.4, 0.5) is 10.5 Å². The van der Waals surface area contributed by atoms with Gasteiger partial charge in [0.05, 0.1) is 7.11 Å². The van der Waals surface area contributed by atoms with E-state index in [1.165, 1.54) is 5.56 Å². The Balaban J connectivity index is 1.33. The van der Waals surface area contributed by atoms with E-state index in [-0.39, 0.29) is 12.1 Å². The summed E-state index contributed by atoms with van der Waals surface area (Å²) in [6.07, 6.45) is 2.10. The summed E-state index contributed by atoms with van der Waals surface area (Å²) < 4.78 is 5.25. The van der Waals surface area contributed by atoms with Gasteiger partial charge in [0, 0.05) is 54.5 Å². The van der Waals surface area contributed by atoms with E-state index in [4.69, 9.17) is 4.74 Å². The molecule has 6 nitrogen and oxygen atoms in total. The fourth-order valence-electron chi connectivity index (χ4n) is 5.83. The van der Waals surface area contributed by atoms with E-state index in [0.717, 1.165) is 55.0 Å². The number of carbonyl (C=O) groups is 1. The number of anilines is 1. The van der Waals surface area contributed by atoms with Gasteiger partial charge in [-0.2, -0.15) is 0 Å². The van der Waals surface area contributed by atoms with Crippen LogP contribution in [0.1, 0.15) is 35.4 Å². The van der Waals surface area contributed by atoms with E-state index in [1.807, 2.05) is 59.5 Å². The molecule has 0 aromatic heterocycles. The summed E-state index contributed by atoms with van der Waals surface area (Å²) in [5, 5.41) is 3.09. The van der Waals surface area contributed by atoms with Gasteiger partial charge in [-0.05, 0) is 87.6 Å². The number of carbonyl (C=O) groups excluding carboxylic acids is 1. The molecule has 3 aromatic rings. The van der Waals surface area contributed by atoms with Crippen molar-refractivity contribution in [3.05, 3.63) is 95.6 Å². The van der Waals surface area contributed by atoms with Crippen molar-refractivity contribution in [1.29, 1.82) is 0 Å². The smallest absolute Gasteiger partial charge is 0.321 e. The number of urea groups is 1. The first kappa shape index (κ1) is 26.8. The second-order valence-electron chi connectivity index (χ2n) is 10.7. The number of hydrogen-bond donors (Lipinski definition) is 1. The Bertz CT molecular complexity index is 1300. The van der Waals surface area contributed by atoms with Crippen molar-refractivity contribution in [3.63, 3.8) is 0 Å². The highest BCUT2D eigenvalue weighted by atomic mass is 16.5. The Hall–Kier alpha value is -3.79. The quantitative estimate of drug-likeness (QED) is 0.473. The van der Waals surface area contributed by atoms with Gasteiger partial charge in [0.15, 0.2) is 0 Å². The number of benzene rings is 3. The van der Waals surface area contributed by atoms with E-state index >= 15 is 0 Å². The third-order valence-electron chi connectivity index (χ3n) is 7.78. The topological polar surface area (TPSA) is 48.1 Å². The van der Waals surface area contributed by atoms with Crippen LogP contribution >= 0.6 is 0 Å². The van der Waals surface area contributed by atoms with Gasteiger partial charge in [-0.25, -0.2) is 4.79 Å². The normalized spacial score (nSPS) is 21.0. The molecular formula is C33H38N4O2. The zero-order chi connectivity index (χ0) is 27.2. The zero-order valence-corrected chi connectivity index (χ0v) is 23.1. The molecule has 202 valence electrons. The minimum atomic E-state index is -0.0386. The van der Waals surface area contributed by atoms with Gasteiger partial charge in [-0.15, -0.1) is 0 Å². The first-order valence-corrected chi connectivity index (χ1v) is 13.8. The maximum Gasteiger partial charge on any atom is 0.321 e. The minimum absolute atomic E-state index is 0.0386. The summed E-state index contributed by atoms with van der Waals surface area (Å²) >= 11 is 0. The zero-order valence-electron chi connectivity index (χ0n) is 23.1. The number of fused-ring (bicyclic) bond motifs is 1. The average Bonchev–Trinajstić information content (AvgIpc) is 2.94. The predicted octanol–water partition coefficient (Wildman–Crippen LogP) is 5.12. The van der Waals surface area contributed by atoms with E-state index in [2.05, 4.69) is 65.3 Å². The van der Waals surface area contributed by atoms with Crippen LogP contribution in [-0.4, -0.2) is 80.2 Å². The molecule has 5 rings (SSSR count). The molecule has 2 amide bonds. The molecule has 2 fully saturated rings. The Kier molecular flexibility index (Phi) is 8.51. The largest absolute Gasteiger partial charge is 0.497 e. The van der Waals surface area contributed by atoms with Crippen LogP contribution in [-0.2, 0) is 0 Å². The van der Waals surface area contributed by atoms with Crippen LogP contribution < -0.4 is 10.1 Å². The number of likely N-dealkylation sites (N-methyl/N-ethyl adjacent to an activating group) is 1. The summed E-state index contributed by atoms with van der Waals surface area (Å²) in [7, 11) is 5.93. The Morgan fingerprint density at radius 2 is 1.59 bits per heavy atom. The van der Waals surface area contributed by atoms with Gasteiger partial charge in [-0.1, -0.05) is 42.2 Å². The summed E-state index contributed by atoms with van der Waals surface area (Å²) in [5.41, 5.74) is 4.14. The first-order valence-electron chi connectivity index (χ1n) is 13.8. The lowest BCUT2D eigenvalue weighted by Gasteiger charge is -2.58. The molecule has 0 spiro atoms. The van der Waals surface area contributed by atoms with Crippen molar-refractivity contribution in [2.75, 3.05) is 52.7 Å². The standard InChI is InChI=1S/C33H38N4O2/c1-35(2)23-30-32(27-15-13-26(14-16-27)12-11-25-9-5-4-6-10-25)31-24-36(21-7-8-22-37(30)31)33(38)34-28-17-19-29(39-3)20-18-28/h4-6,9-10,13-20,30-32H,7-8,21-24H2,1-3H3,(H,34,38). The molecule has 0 saturated carbocycles. The average molecular weight is 523 g/mol. The number of amides is 2. The van der Waals surface area contributed by atoms with Crippen LogP contribution in [0.5, 0.6) is 5.75 Å². The van der Waals surface area contributed by atoms with Gasteiger partial charge < -0.3 is 19.9 Å². The number of methoxy groups -OCH3 is 1. The Morgan fingerprint density at radius 3 is 2.26 bits per heavy atom. The lowest BCUT2D eigenvalue weighted by Crippen LogP contribution is -2.69. The third-order valence-corrected chi connectivity index (χ3v) is 7.78. The molecule has 3 unspecified atom stereocenters. The molecule has 1 N–H and O–H groups in total. The van der Waals surface area contributed by atoms with Crippen LogP contribution in [0.2, 0.25) is 0 Å². The van der Waals surface area contributed by atoms with Crippen LogP contribution in [0.25, 0.3) is 0 Å². The molecular weight excluding hydrogens is 484 g/mol. The van der Waals surface area contributed by atoms with Crippen molar-refractivity contribution in [1.82, 2.24) is 14.7 Å². The molecule has 2 heterocycles. The summed E-state index contributed by atoms with van der Waals surface area (Å²) in [5.74, 6) is 7.68. The van der Waals surface area contributed by atoms with E-state index in [1.54, 1.807) is 7.11 Å². The van der Waals surface area contributed by atoms with Crippen molar-refractivity contribution in [2.45, 2.75) is 30.8 Å². The highest BCUT2D eigenvalue weighted by Crippen LogP contribution is 2.42. The maximum absolute atomic E-state index is 13.3. The van der Waals surface area contributed by atoms with Gasteiger partial charge in [0.25, 0.3) is 0 Å². The summed E-state index contributed by atoms with van der Waals surface area (Å²) in [6.45, 7) is 3.56. The number of ether oxygens (including phenoxy) is 1. The molecule has 6 heteroatoms. The lowest BCUT2D eigenvalue weighted by molar-refractivity contribution is -0.0447. The number of hydrogen-bond acceptors (Lipinski definition) is 4. The number of rotatable bonds is 5.